The molecule has 0 radical (unpaired) electrons. The number of halogens is 3. The molecule has 22 rings (SSSR count). The van der Waals surface area contributed by atoms with Gasteiger partial charge >= 0.3 is 6.09 Å². The molecular formula is C98H93Cl3N18O2. The maximum atomic E-state index is 12.6. The molecule has 6 aliphatic rings. The molecule has 16 aromatic rings. The molecule has 0 N–H and O–H groups in total. The second-order valence-electron chi connectivity index (χ2n) is 33.0. The highest BCUT2D eigenvalue weighted by Crippen LogP contribution is 2.47. The van der Waals surface area contributed by atoms with Crippen molar-refractivity contribution in [2.24, 2.45) is 0 Å². The highest BCUT2D eigenvalue weighted by Gasteiger charge is 2.42. The molecule has 3 aliphatic heterocycles. The van der Waals surface area contributed by atoms with Crippen LogP contribution in [0.3, 0.4) is 0 Å². The molecular weight excluding hydrogens is 1570 g/mol. The first-order valence-electron chi connectivity index (χ1n) is 42.5. The van der Waals surface area contributed by atoms with E-state index in [2.05, 4.69) is 194 Å². The SMILES string of the molecule is CCN1CCN(C2CC(c3nc(-c4ccc5ccc(-c6ccccc6)nc5c4)c4c(Cl)nccn34)C2)CC1.CN1CCN(C2CC(c3nc(-c4ccc5ccc(-c6ccccc6)nc5c4)c4c(Cl)nccn34)C2)CC1.O=C(OCc1ccccc1)N1CCN(C2CC(c3nc(-c4ccc5ccc(-c6ccccc6)nc5c4)c4c(Cl)nccn34)C2)CC1. The molecule has 7 aromatic carbocycles. The Labute approximate surface area is 718 Å². The van der Waals surface area contributed by atoms with E-state index in [1.165, 1.54) is 26.2 Å². The lowest BCUT2D eigenvalue weighted by atomic mass is 9.78. The van der Waals surface area contributed by atoms with E-state index in [1.807, 2.05) is 108 Å². The van der Waals surface area contributed by atoms with Crippen molar-refractivity contribution in [1.29, 1.82) is 0 Å². The molecule has 3 saturated heterocycles. The Morgan fingerprint density at radius 3 is 1.04 bits per heavy atom. The Morgan fingerprint density at radius 2 is 0.694 bits per heavy atom. The number of hydrogen-bond donors (Lipinski definition) is 0. The summed E-state index contributed by atoms with van der Waals surface area (Å²) < 4.78 is 12.0. The zero-order chi connectivity index (χ0) is 81.6. The third-order valence-corrected chi connectivity index (χ3v) is 26.7. The van der Waals surface area contributed by atoms with Crippen molar-refractivity contribution in [3.05, 3.63) is 288 Å². The fourth-order valence-corrected chi connectivity index (χ4v) is 19.4. The number of carbonyl (C=O) groups is 1. The molecule has 6 fully saturated rings. The Hall–Kier alpha value is -11.4. The highest BCUT2D eigenvalue weighted by atomic mass is 35.5. The molecule has 0 bridgehead atoms. The molecule has 121 heavy (non-hydrogen) atoms. The Morgan fingerprint density at radius 1 is 0.372 bits per heavy atom. The van der Waals surface area contributed by atoms with Gasteiger partial charge in [0.15, 0.2) is 15.5 Å². The quantitative estimate of drug-likeness (QED) is 0.0947. The molecule has 0 unspecified atom stereocenters. The fraction of sp³-hybridized carbons (Fsp3) is 0.286. The Bertz CT molecular complexity index is 6430. The van der Waals surface area contributed by atoms with Crippen LogP contribution in [0.25, 0.3) is 117 Å². The summed E-state index contributed by atoms with van der Waals surface area (Å²) in [5.41, 5.74) is 18.1. The van der Waals surface area contributed by atoms with Gasteiger partial charge in [-0.1, -0.05) is 218 Å². The van der Waals surface area contributed by atoms with E-state index in [0.29, 0.717) is 71.0 Å². The number of rotatable bonds is 15. The van der Waals surface area contributed by atoms with Crippen LogP contribution in [0.1, 0.15) is 86.2 Å². The predicted molar refractivity (Wildman–Crippen MR) is 482 cm³/mol. The fourth-order valence-electron chi connectivity index (χ4n) is 18.6. The number of hydrogen-bond acceptors (Lipinski definition) is 16. The summed E-state index contributed by atoms with van der Waals surface area (Å²) in [5, 5.41) is 4.68. The summed E-state index contributed by atoms with van der Waals surface area (Å²) in [6.07, 6.45) is 17.6. The Balaban J connectivity index is 0.000000117. The standard InChI is InChI=1S/C37H33ClN6O2.C31H31ClN6.C30H29ClN6/c38-35-34-33(28-12-11-27-13-14-31(40-32(27)23-28)26-9-5-2-6-10-26)41-36(44(34)16-15-39-35)29-21-30(22-29)42-17-19-43(20-18-42)37(45)46-24-25-7-3-1-4-8-25;1-2-36-14-16-37(17-15-36)25-18-24(19-25)31-35-28(29-30(32)33-12-13-38(29)31)23-9-8-22-10-11-26(34-27(22)20-23)21-6-4-3-5-7-21;1-35-13-15-36(16-14-35)24-17-23(18-24)30-34-27(28-29(31)32-11-12-37(28)30)22-8-7-21-9-10-25(33-26(21)19-22)20-5-3-2-4-6-20/h1-16,23,29-30H,17-22,24H2;3-13,20,24-25H,2,14-19H2,1H3;2-12,19,23-24H,13-18H2,1H3. The van der Waals surface area contributed by atoms with E-state index in [1.54, 1.807) is 18.6 Å². The van der Waals surface area contributed by atoms with E-state index >= 15 is 0 Å². The summed E-state index contributed by atoms with van der Waals surface area (Å²) >= 11 is 20.1. The topological polar surface area (TPSA) is 175 Å². The second-order valence-corrected chi connectivity index (χ2v) is 34.1. The van der Waals surface area contributed by atoms with Crippen molar-refractivity contribution < 1.29 is 9.53 Å². The lowest BCUT2D eigenvalue weighted by Gasteiger charge is -2.46. The van der Waals surface area contributed by atoms with Gasteiger partial charge in [0, 0.05) is 201 Å². The normalized spacial score (nSPS) is 19.9. The zero-order valence-corrected chi connectivity index (χ0v) is 70.0. The van der Waals surface area contributed by atoms with Crippen LogP contribution in [0, 0.1) is 0 Å². The first kappa shape index (κ1) is 78.1. The van der Waals surface area contributed by atoms with Crippen molar-refractivity contribution in [3.8, 4) is 67.5 Å². The molecule has 608 valence electrons. The molecule has 23 heteroatoms. The maximum Gasteiger partial charge on any atom is 0.410 e. The van der Waals surface area contributed by atoms with Gasteiger partial charge in [0.25, 0.3) is 0 Å². The van der Waals surface area contributed by atoms with Crippen LogP contribution in [-0.2, 0) is 11.3 Å². The molecule has 1 amide bonds. The average Bonchev–Trinajstić information content (AvgIpc) is 1.62. The monoisotopic (exact) mass is 1660 g/mol. The summed E-state index contributed by atoms with van der Waals surface area (Å²) in [5.74, 6) is 4.35. The van der Waals surface area contributed by atoms with Crippen LogP contribution in [0.4, 0.5) is 4.79 Å². The van der Waals surface area contributed by atoms with Gasteiger partial charge in [-0.2, -0.15) is 0 Å². The Kier molecular flexibility index (Phi) is 22.1. The number of amides is 1. The van der Waals surface area contributed by atoms with Gasteiger partial charge < -0.3 is 19.4 Å². The maximum absolute atomic E-state index is 12.6. The summed E-state index contributed by atoms with van der Waals surface area (Å²) in [6, 6.07) is 74.0. The number of imidazole rings is 3. The number of nitrogens with zero attached hydrogens (tertiary/aromatic N) is 18. The van der Waals surface area contributed by atoms with Gasteiger partial charge in [0.1, 0.15) is 40.6 Å². The molecule has 3 saturated carbocycles. The molecule has 9 aromatic heterocycles. The minimum atomic E-state index is -0.239. The van der Waals surface area contributed by atoms with Gasteiger partial charge in [-0.3, -0.25) is 27.9 Å². The molecule has 0 atom stereocenters. The van der Waals surface area contributed by atoms with E-state index in [9.17, 15) is 4.79 Å². The third-order valence-electron chi connectivity index (χ3n) is 25.9. The summed E-state index contributed by atoms with van der Waals surface area (Å²) in [7, 11) is 2.21. The average molecular weight is 1660 g/mol. The zero-order valence-electron chi connectivity index (χ0n) is 67.8. The highest BCUT2D eigenvalue weighted by molar-refractivity contribution is 6.34. The van der Waals surface area contributed by atoms with E-state index < -0.39 is 0 Å². The van der Waals surface area contributed by atoms with E-state index in [0.717, 1.165) is 224 Å². The van der Waals surface area contributed by atoms with Gasteiger partial charge in [-0.05, 0) is 94.1 Å². The number of benzene rings is 7. The minimum Gasteiger partial charge on any atom is -0.445 e. The number of piperazine rings is 3. The number of fused-ring (bicyclic) bond motifs is 6. The van der Waals surface area contributed by atoms with E-state index in [-0.39, 0.29) is 6.09 Å². The number of likely N-dealkylation sites (N-methyl/N-ethyl adjacent to an activating group) is 2. The van der Waals surface area contributed by atoms with Gasteiger partial charge in [0.05, 0.1) is 50.7 Å². The van der Waals surface area contributed by atoms with Crippen molar-refractivity contribution in [2.45, 2.75) is 87.9 Å². The van der Waals surface area contributed by atoms with Crippen LogP contribution in [-0.4, -0.2) is 204 Å². The summed E-state index contributed by atoms with van der Waals surface area (Å²) in [6.45, 7) is 16.1. The third kappa shape index (κ3) is 16.0. The molecule has 3 aliphatic carbocycles. The predicted octanol–water partition coefficient (Wildman–Crippen LogP) is 19.4. The van der Waals surface area contributed by atoms with Crippen molar-refractivity contribution in [2.75, 3.05) is 92.1 Å². The van der Waals surface area contributed by atoms with Crippen LogP contribution in [0.15, 0.2) is 250 Å². The van der Waals surface area contributed by atoms with Gasteiger partial charge in [-0.15, -0.1) is 0 Å². The second kappa shape index (κ2) is 34.2. The first-order valence-corrected chi connectivity index (χ1v) is 43.6. The van der Waals surface area contributed by atoms with Gasteiger partial charge in [0.2, 0.25) is 0 Å². The minimum absolute atomic E-state index is 0.239. The van der Waals surface area contributed by atoms with Crippen molar-refractivity contribution >= 4 is 90.2 Å². The largest absolute Gasteiger partial charge is 0.445 e. The molecule has 12 heterocycles. The number of carbonyl (C=O) groups excluding carboxylic acids is 1. The van der Waals surface area contributed by atoms with E-state index in [4.69, 9.17) is 69.4 Å². The molecule has 0 spiro atoms. The van der Waals surface area contributed by atoms with Crippen molar-refractivity contribution in [3.63, 3.8) is 0 Å². The summed E-state index contributed by atoms with van der Waals surface area (Å²) in [4.78, 5) is 71.0. The van der Waals surface area contributed by atoms with Gasteiger partial charge in [-0.25, -0.2) is 49.7 Å². The number of aromatic nitrogens is 12. The first-order chi connectivity index (χ1) is 59.4. The lowest BCUT2D eigenvalue weighted by Crippen LogP contribution is -2.54. The lowest BCUT2D eigenvalue weighted by molar-refractivity contribution is 0.0367. The smallest absolute Gasteiger partial charge is 0.410 e. The number of pyridine rings is 3. The van der Waals surface area contributed by atoms with Crippen LogP contribution in [0.2, 0.25) is 15.5 Å². The van der Waals surface area contributed by atoms with Crippen molar-refractivity contribution in [1.82, 2.24) is 87.5 Å². The number of ether oxygens (including phenoxy) is 1. The van der Waals surface area contributed by atoms with Crippen LogP contribution < -0.4 is 0 Å². The van der Waals surface area contributed by atoms with Crippen LogP contribution >= 0.6 is 34.8 Å². The van der Waals surface area contributed by atoms with Crippen LogP contribution in [0.5, 0.6) is 0 Å². The molecule has 20 nitrogen and oxygen atoms in total.